The van der Waals surface area contributed by atoms with Gasteiger partial charge in [0, 0.05) is 4.88 Å². The van der Waals surface area contributed by atoms with Gasteiger partial charge < -0.3 is 5.73 Å². The Bertz CT molecular complexity index is 403. The van der Waals surface area contributed by atoms with Crippen molar-refractivity contribution in [2.45, 2.75) is 6.92 Å². The highest BCUT2D eigenvalue weighted by Crippen LogP contribution is 2.31. The van der Waals surface area contributed by atoms with Gasteiger partial charge in [-0.2, -0.15) is 0 Å². The highest BCUT2D eigenvalue weighted by atomic mass is 32.1. The van der Waals surface area contributed by atoms with E-state index in [2.05, 4.69) is 19.1 Å². The third-order valence-electron chi connectivity index (χ3n) is 2.02. The molecule has 0 aliphatic heterocycles. The van der Waals surface area contributed by atoms with Gasteiger partial charge in [0.2, 0.25) is 0 Å². The second-order valence-corrected chi connectivity index (χ2v) is 4.27. The SMILES string of the molecule is Cc1sc(N)cc1-c1ccccc1. The topological polar surface area (TPSA) is 26.0 Å². The molecule has 0 aliphatic carbocycles. The molecule has 2 heteroatoms. The smallest absolute Gasteiger partial charge is 0.0865 e. The number of nitrogens with two attached hydrogens (primary N) is 1. The van der Waals surface area contributed by atoms with Gasteiger partial charge in [0.1, 0.15) is 0 Å². The van der Waals surface area contributed by atoms with Crippen molar-refractivity contribution in [2.24, 2.45) is 0 Å². The van der Waals surface area contributed by atoms with E-state index in [1.165, 1.54) is 16.0 Å². The molecule has 0 saturated carbocycles. The van der Waals surface area contributed by atoms with Gasteiger partial charge in [-0.25, -0.2) is 0 Å². The molecular weight excluding hydrogens is 178 g/mol. The summed E-state index contributed by atoms with van der Waals surface area (Å²) in [4.78, 5) is 1.28. The lowest BCUT2D eigenvalue weighted by Gasteiger charge is -1.97. The lowest BCUT2D eigenvalue weighted by Crippen LogP contribution is -1.76. The van der Waals surface area contributed by atoms with Crippen molar-refractivity contribution in [1.82, 2.24) is 0 Å². The molecule has 0 bridgehead atoms. The molecule has 2 aromatic rings. The maximum atomic E-state index is 5.74. The van der Waals surface area contributed by atoms with Crippen molar-refractivity contribution < 1.29 is 0 Å². The predicted octanol–water partition coefficient (Wildman–Crippen LogP) is 3.31. The van der Waals surface area contributed by atoms with Crippen LogP contribution in [-0.4, -0.2) is 0 Å². The zero-order valence-electron chi connectivity index (χ0n) is 7.45. The number of hydrogen-bond donors (Lipinski definition) is 1. The van der Waals surface area contributed by atoms with Crippen LogP contribution in [0.4, 0.5) is 5.00 Å². The van der Waals surface area contributed by atoms with Gasteiger partial charge in [-0.1, -0.05) is 30.3 Å². The van der Waals surface area contributed by atoms with Crippen molar-refractivity contribution >= 4 is 16.3 Å². The molecular formula is C11H11NS. The number of nitrogen functional groups attached to an aromatic ring is 1. The number of thiophene rings is 1. The number of rotatable bonds is 1. The van der Waals surface area contributed by atoms with E-state index < -0.39 is 0 Å². The van der Waals surface area contributed by atoms with Crippen LogP contribution in [0.5, 0.6) is 0 Å². The minimum Gasteiger partial charge on any atom is -0.391 e. The van der Waals surface area contributed by atoms with Crippen molar-refractivity contribution in [3.63, 3.8) is 0 Å². The molecule has 0 amide bonds. The third-order valence-corrected chi connectivity index (χ3v) is 2.90. The lowest BCUT2D eigenvalue weighted by molar-refractivity contribution is 1.58. The first-order valence-electron chi connectivity index (χ1n) is 4.18. The Hall–Kier alpha value is -1.28. The average molecular weight is 189 g/mol. The van der Waals surface area contributed by atoms with Crippen LogP contribution in [0.2, 0.25) is 0 Å². The summed E-state index contributed by atoms with van der Waals surface area (Å²) in [6, 6.07) is 12.4. The van der Waals surface area contributed by atoms with E-state index >= 15 is 0 Å². The van der Waals surface area contributed by atoms with Gasteiger partial charge in [0.25, 0.3) is 0 Å². The summed E-state index contributed by atoms with van der Waals surface area (Å²) in [5.74, 6) is 0. The minimum atomic E-state index is 0.886. The fraction of sp³-hybridized carbons (Fsp3) is 0.0909. The molecule has 0 aliphatic rings. The van der Waals surface area contributed by atoms with E-state index in [4.69, 9.17) is 5.73 Å². The molecule has 0 unspecified atom stereocenters. The van der Waals surface area contributed by atoms with Gasteiger partial charge in [0.05, 0.1) is 5.00 Å². The van der Waals surface area contributed by atoms with E-state index in [1.54, 1.807) is 11.3 Å². The quantitative estimate of drug-likeness (QED) is 0.731. The Morgan fingerprint density at radius 1 is 1.15 bits per heavy atom. The molecule has 66 valence electrons. The van der Waals surface area contributed by atoms with Crippen LogP contribution in [0.25, 0.3) is 11.1 Å². The van der Waals surface area contributed by atoms with Crippen LogP contribution in [0.1, 0.15) is 4.88 Å². The molecule has 1 aromatic carbocycles. The van der Waals surface area contributed by atoms with Crippen molar-refractivity contribution in [3.05, 3.63) is 41.3 Å². The molecule has 0 saturated heterocycles. The zero-order chi connectivity index (χ0) is 9.26. The van der Waals surface area contributed by atoms with E-state index in [0.717, 1.165) is 5.00 Å². The van der Waals surface area contributed by atoms with E-state index in [-0.39, 0.29) is 0 Å². The van der Waals surface area contributed by atoms with Crippen molar-refractivity contribution in [1.29, 1.82) is 0 Å². The monoisotopic (exact) mass is 189 g/mol. The highest BCUT2D eigenvalue weighted by Gasteiger charge is 2.04. The van der Waals surface area contributed by atoms with E-state index in [9.17, 15) is 0 Å². The molecule has 1 aromatic heterocycles. The van der Waals surface area contributed by atoms with Gasteiger partial charge >= 0.3 is 0 Å². The van der Waals surface area contributed by atoms with E-state index in [0.29, 0.717) is 0 Å². The Labute approximate surface area is 81.8 Å². The molecule has 0 atom stereocenters. The molecule has 13 heavy (non-hydrogen) atoms. The number of hydrogen-bond acceptors (Lipinski definition) is 2. The van der Waals surface area contributed by atoms with Crippen LogP contribution in [-0.2, 0) is 0 Å². The zero-order valence-corrected chi connectivity index (χ0v) is 8.27. The Morgan fingerprint density at radius 3 is 2.38 bits per heavy atom. The van der Waals surface area contributed by atoms with Gasteiger partial charge in [-0.05, 0) is 24.1 Å². The second-order valence-electron chi connectivity index (χ2n) is 2.98. The predicted molar refractivity (Wildman–Crippen MR) is 58.9 cm³/mol. The normalized spacial score (nSPS) is 10.2. The van der Waals surface area contributed by atoms with Crippen LogP contribution < -0.4 is 5.73 Å². The molecule has 1 heterocycles. The van der Waals surface area contributed by atoms with Crippen molar-refractivity contribution in [3.8, 4) is 11.1 Å². The Morgan fingerprint density at radius 2 is 1.85 bits per heavy atom. The fourth-order valence-corrected chi connectivity index (χ4v) is 2.23. The van der Waals surface area contributed by atoms with E-state index in [1.807, 2.05) is 24.3 Å². The number of anilines is 1. The second kappa shape index (κ2) is 3.23. The number of benzene rings is 1. The third kappa shape index (κ3) is 1.58. The van der Waals surface area contributed by atoms with Crippen LogP contribution in [0, 0.1) is 6.92 Å². The standard InChI is InChI=1S/C11H11NS/c1-8-10(7-11(12)13-8)9-5-3-2-4-6-9/h2-7H,12H2,1H3. The molecule has 0 fully saturated rings. The average Bonchev–Trinajstić information content (AvgIpc) is 2.47. The summed E-state index contributed by atoms with van der Waals surface area (Å²) in [6.45, 7) is 2.10. The first-order chi connectivity index (χ1) is 6.27. The fourth-order valence-electron chi connectivity index (χ4n) is 1.41. The molecule has 0 radical (unpaired) electrons. The minimum absolute atomic E-state index is 0.886. The summed E-state index contributed by atoms with van der Waals surface area (Å²) in [6.07, 6.45) is 0. The van der Waals surface area contributed by atoms with Gasteiger partial charge in [-0.15, -0.1) is 11.3 Å². The largest absolute Gasteiger partial charge is 0.391 e. The van der Waals surface area contributed by atoms with Crippen molar-refractivity contribution in [2.75, 3.05) is 5.73 Å². The van der Waals surface area contributed by atoms with Crippen LogP contribution in [0.3, 0.4) is 0 Å². The van der Waals surface area contributed by atoms with Crippen LogP contribution >= 0.6 is 11.3 Å². The summed E-state index contributed by atoms with van der Waals surface area (Å²) in [7, 11) is 0. The Kier molecular flexibility index (Phi) is 2.07. The maximum absolute atomic E-state index is 5.74. The molecule has 2 rings (SSSR count). The van der Waals surface area contributed by atoms with Gasteiger partial charge in [0.15, 0.2) is 0 Å². The first-order valence-corrected chi connectivity index (χ1v) is 5.00. The molecule has 2 N–H and O–H groups in total. The first kappa shape index (κ1) is 8.32. The maximum Gasteiger partial charge on any atom is 0.0865 e. The van der Waals surface area contributed by atoms with Crippen LogP contribution in [0.15, 0.2) is 36.4 Å². The highest BCUT2D eigenvalue weighted by molar-refractivity contribution is 7.16. The lowest BCUT2D eigenvalue weighted by atomic mass is 10.1. The summed E-state index contributed by atoms with van der Waals surface area (Å²) in [5.41, 5.74) is 8.23. The summed E-state index contributed by atoms with van der Waals surface area (Å²) < 4.78 is 0. The summed E-state index contributed by atoms with van der Waals surface area (Å²) >= 11 is 1.64. The molecule has 1 nitrogen and oxygen atoms in total. The summed E-state index contributed by atoms with van der Waals surface area (Å²) in [5, 5.41) is 0.886. The Balaban J connectivity index is 2.53. The molecule has 0 spiro atoms. The van der Waals surface area contributed by atoms with Gasteiger partial charge in [-0.3, -0.25) is 0 Å². The number of aryl methyl sites for hydroxylation is 1.